The number of aryl methyl sites for hydroxylation is 1. The zero-order valence-electron chi connectivity index (χ0n) is 11.6. The number of aliphatic hydroxyl groups is 1. The van der Waals surface area contributed by atoms with E-state index in [0.29, 0.717) is 16.9 Å². The second-order valence-corrected chi connectivity index (χ2v) is 4.64. The van der Waals surface area contributed by atoms with E-state index in [-0.39, 0.29) is 6.54 Å². The van der Waals surface area contributed by atoms with Gasteiger partial charge in [-0.05, 0) is 18.6 Å². The number of para-hydroxylation sites is 1. The van der Waals surface area contributed by atoms with E-state index in [9.17, 15) is 18.0 Å². The lowest BCUT2D eigenvalue weighted by Crippen LogP contribution is -2.41. The maximum Gasteiger partial charge on any atom is 0.401 e. The summed E-state index contributed by atoms with van der Waals surface area (Å²) in [5.41, 5.74) is 7.16. The minimum Gasteiger partial charge on any atom is -0.397 e. The number of nitrogen functional groups attached to an aromatic ring is 1. The standard InChI is InChI=1S/C13H18F3N3O2/c1-9-3-2-4-10(17)12(9)18-11(21)7-19(5-6-20)8-13(14,15)16/h2-4,20H,5-8,17H2,1H3,(H,18,21). The normalized spacial score (nSPS) is 11.7. The quantitative estimate of drug-likeness (QED) is 0.694. The molecule has 0 radical (unpaired) electrons. The maximum absolute atomic E-state index is 12.4. The maximum atomic E-state index is 12.4. The Kier molecular flexibility index (Phi) is 5.98. The molecule has 0 aromatic heterocycles. The Hall–Kier alpha value is -1.80. The first-order valence-corrected chi connectivity index (χ1v) is 6.28. The lowest BCUT2D eigenvalue weighted by molar-refractivity contribution is -0.148. The van der Waals surface area contributed by atoms with E-state index >= 15 is 0 Å². The molecule has 4 N–H and O–H groups in total. The predicted molar refractivity (Wildman–Crippen MR) is 73.8 cm³/mol. The third kappa shape index (κ3) is 6.01. The number of nitrogens with one attached hydrogen (secondary N) is 1. The van der Waals surface area contributed by atoms with E-state index in [4.69, 9.17) is 10.8 Å². The fourth-order valence-corrected chi connectivity index (χ4v) is 1.85. The summed E-state index contributed by atoms with van der Waals surface area (Å²) in [6.07, 6.45) is -4.43. The number of hydrogen-bond donors (Lipinski definition) is 3. The summed E-state index contributed by atoms with van der Waals surface area (Å²) in [6.45, 7) is -0.711. The lowest BCUT2D eigenvalue weighted by Gasteiger charge is -2.22. The van der Waals surface area contributed by atoms with E-state index in [0.717, 1.165) is 4.90 Å². The molecule has 0 aliphatic heterocycles. The van der Waals surface area contributed by atoms with Crippen LogP contribution >= 0.6 is 0 Å². The first kappa shape index (κ1) is 17.3. The van der Waals surface area contributed by atoms with Crippen molar-refractivity contribution in [1.29, 1.82) is 0 Å². The van der Waals surface area contributed by atoms with Crippen molar-refractivity contribution in [3.63, 3.8) is 0 Å². The van der Waals surface area contributed by atoms with Gasteiger partial charge in [-0.1, -0.05) is 12.1 Å². The Labute approximate surface area is 120 Å². The Morgan fingerprint density at radius 1 is 1.43 bits per heavy atom. The van der Waals surface area contributed by atoms with Crippen LogP contribution < -0.4 is 11.1 Å². The number of alkyl halides is 3. The molecule has 0 saturated carbocycles. The van der Waals surface area contributed by atoms with Crippen LogP contribution in [0.2, 0.25) is 0 Å². The van der Waals surface area contributed by atoms with Crippen molar-refractivity contribution < 1.29 is 23.1 Å². The third-order valence-corrected chi connectivity index (χ3v) is 2.76. The fourth-order valence-electron chi connectivity index (χ4n) is 1.85. The average Bonchev–Trinajstić information content (AvgIpc) is 2.32. The van der Waals surface area contributed by atoms with Crippen molar-refractivity contribution in [2.45, 2.75) is 13.1 Å². The second-order valence-electron chi connectivity index (χ2n) is 4.64. The zero-order chi connectivity index (χ0) is 16.0. The van der Waals surface area contributed by atoms with Gasteiger partial charge in [-0.15, -0.1) is 0 Å². The molecule has 0 spiro atoms. The molecule has 0 fully saturated rings. The molecule has 118 valence electrons. The summed E-state index contributed by atoms with van der Waals surface area (Å²) in [5.74, 6) is -0.617. The average molecular weight is 305 g/mol. The molecule has 0 atom stereocenters. The lowest BCUT2D eigenvalue weighted by atomic mass is 10.1. The molecular weight excluding hydrogens is 287 g/mol. The molecule has 0 aliphatic rings. The van der Waals surface area contributed by atoms with Gasteiger partial charge in [0.05, 0.1) is 31.1 Å². The van der Waals surface area contributed by atoms with Crippen LogP contribution in [0, 0.1) is 6.92 Å². The first-order valence-electron chi connectivity index (χ1n) is 6.28. The van der Waals surface area contributed by atoms with Crippen molar-refractivity contribution in [1.82, 2.24) is 4.90 Å². The Morgan fingerprint density at radius 3 is 2.62 bits per heavy atom. The van der Waals surface area contributed by atoms with Crippen LogP contribution in [0.25, 0.3) is 0 Å². The smallest absolute Gasteiger partial charge is 0.397 e. The van der Waals surface area contributed by atoms with Gasteiger partial charge in [0.15, 0.2) is 0 Å². The fraction of sp³-hybridized carbons (Fsp3) is 0.462. The highest BCUT2D eigenvalue weighted by atomic mass is 19.4. The monoisotopic (exact) mass is 305 g/mol. The van der Waals surface area contributed by atoms with E-state index in [2.05, 4.69) is 5.32 Å². The van der Waals surface area contributed by atoms with E-state index in [1.807, 2.05) is 0 Å². The van der Waals surface area contributed by atoms with Crippen LogP contribution in [0.5, 0.6) is 0 Å². The molecular formula is C13H18F3N3O2. The zero-order valence-corrected chi connectivity index (χ0v) is 11.6. The van der Waals surface area contributed by atoms with Crippen molar-refractivity contribution in [3.05, 3.63) is 23.8 Å². The summed E-state index contributed by atoms with van der Waals surface area (Å²) in [4.78, 5) is 12.7. The summed E-state index contributed by atoms with van der Waals surface area (Å²) < 4.78 is 37.1. The number of halogens is 3. The van der Waals surface area contributed by atoms with Gasteiger partial charge in [-0.25, -0.2) is 0 Å². The Morgan fingerprint density at radius 2 is 2.10 bits per heavy atom. The first-order chi connectivity index (χ1) is 9.73. The van der Waals surface area contributed by atoms with Crippen LogP contribution in [0.1, 0.15) is 5.56 Å². The highest BCUT2D eigenvalue weighted by molar-refractivity contribution is 5.96. The van der Waals surface area contributed by atoms with Gasteiger partial charge in [0.2, 0.25) is 5.91 Å². The molecule has 0 heterocycles. The van der Waals surface area contributed by atoms with E-state index in [1.54, 1.807) is 25.1 Å². The van der Waals surface area contributed by atoms with Crippen LogP contribution in [-0.2, 0) is 4.79 Å². The number of benzene rings is 1. The summed E-state index contributed by atoms with van der Waals surface area (Å²) in [5, 5.41) is 11.3. The minimum absolute atomic E-state index is 0.240. The van der Waals surface area contributed by atoms with E-state index in [1.165, 1.54) is 0 Å². The molecule has 1 aromatic rings. The van der Waals surface area contributed by atoms with Gasteiger partial charge in [-0.2, -0.15) is 13.2 Å². The van der Waals surface area contributed by atoms with Gasteiger partial charge < -0.3 is 16.2 Å². The number of carbonyl (C=O) groups excluding carboxylic acids is 1. The highest BCUT2D eigenvalue weighted by Crippen LogP contribution is 2.22. The number of anilines is 2. The van der Waals surface area contributed by atoms with Crippen LogP contribution in [0.3, 0.4) is 0 Å². The molecule has 5 nitrogen and oxygen atoms in total. The molecule has 8 heteroatoms. The number of rotatable bonds is 6. The predicted octanol–water partition coefficient (Wildman–Crippen LogP) is 1.37. The Balaban J connectivity index is 2.70. The van der Waals surface area contributed by atoms with Crippen molar-refractivity contribution in [2.24, 2.45) is 0 Å². The number of aliphatic hydroxyl groups excluding tert-OH is 1. The van der Waals surface area contributed by atoms with Gasteiger partial charge in [0, 0.05) is 6.54 Å². The van der Waals surface area contributed by atoms with E-state index < -0.39 is 31.8 Å². The molecule has 0 aliphatic carbocycles. The number of amides is 1. The topological polar surface area (TPSA) is 78.6 Å². The largest absolute Gasteiger partial charge is 0.401 e. The molecule has 1 rings (SSSR count). The molecule has 0 bridgehead atoms. The summed E-state index contributed by atoms with van der Waals surface area (Å²) in [7, 11) is 0. The van der Waals surface area contributed by atoms with Gasteiger partial charge in [-0.3, -0.25) is 9.69 Å². The molecule has 1 aromatic carbocycles. The molecule has 0 saturated heterocycles. The van der Waals surface area contributed by atoms with Crippen LogP contribution in [0.4, 0.5) is 24.5 Å². The van der Waals surface area contributed by atoms with Crippen molar-refractivity contribution in [2.75, 3.05) is 37.3 Å². The SMILES string of the molecule is Cc1cccc(N)c1NC(=O)CN(CCO)CC(F)(F)F. The van der Waals surface area contributed by atoms with Gasteiger partial charge in [0.1, 0.15) is 0 Å². The van der Waals surface area contributed by atoms with Crippen molar-refractivity contribution in [3.8, 4) is 0 Å². The Bertz CT molecular complexity index is 472. The number of nitrogens with two attached hydrogens (primary N) is 1. The second kappa shape index (κ2) is 7.28. The molecule has 21 heavy (non-hydrogen) atoms. The summed E-state index contributed by atoms with van der Waals surface area (Å²) >= 11 is 0. The molecule has 0 unspecified atom stereocenters. The minimum atomic E-state index is -4.43. The van der Waals surface area contributed by atoms with Crippen molar-refractivity contribution >= 4 is 17.3 Å². The van der Waals surface area contributed by atoms with Gasteiger partial charge >= 0.3 is 6.18 Å². The number of carbonyl (C=O) groups is 1. The summed E-state index contributed by atoms with van der Waals surface area (Å²) in [6, 6.07) is 5.03. The third-order valence-electron chi connectivity index (χ3n) is 2.76. The number of hydrogen-bond acceptors (Lipinski definition) is 4. The van der Waals surface area contributed by atoms with Gasteiger partial charge in [0.25, 0.3) is 0 Å². The number of nitrogens with zero attached hydrogens (tertiary/aromatic N) is 1. The highest BCUT2D eigenvalue weighted by Gasteiger charge is 2.31. The van der Waals surface area contributed by atoms with Crippen LogP contribution in [0.15, 0.2) is 18.2 Å². The molecule has 1 amide bonds. The van der Waals surface area contributed by atoms with Crippen LogP contribution in [-0.4, -0.2) is 48.3 Å².